The highest BCUT2D eigenvalue weighted by molar-refractivity contribution is 5.90. The van der Waals surface area contributed by atoms with Gasteiger partial charge in [-0.25, -0.2) is 4.79 Å². The topological polar surface area (TPSA) is 59.3 Å². The Morgan fingerprint density at radius 3 is 2.43 bits per heavy atom. The molecule has 2 aromatic rings. The zero-order chi connectivity index (χ0) is 16.9. The van der Waals surface area contributed by atoms with E-state index in [4.69, 9.17) is 10.00 Å². The lowest BCUT2D eigenvalue weighted by atomic mass is 10.1. The van der Waals surface area contributed by atoms with Crippen molar-refractivity contribution >= 4 is 5.97 Å². The van der Waals surface area contributed by atoms with Crippen molar-refractivity contribution in [3.63, 3.8) is 0 Å². The van der Waals surface area contributed by atoms with Gasteiger partial charge in [0.15, 0.2) is 0 Å². The molecule has 0 heterocycles. The van der Waals surface area contributed by atoms with Crippen LogP contribution in [0.1, 0.15) is 21.5 Å². The molecule has 4 nitrogen and oxygen atoms in total. The minimum absolute atomic E-state index is 0.0358. The summed E-state index contributed by atoms with van der Waals surface area (Å²) in [7, 11) is 0. The second-order valence-electron chi connectivity index (χ2n) is 4.47. The molecule has 23 heavy (non-hydrogen) atoms. The lowest BCUT2D eigenvalue weighted by molar-refractivity contribution is -0.274. The molecule has 7 heteroatoms. The van der Waals surface area contributed by atoms with Crippen molar-refractivity contribution in [1.82, 2.24) is 0 Å². The third kappa shape index (κ3) is 5.04. The van der Waals surface area contributed by atoms with Crippen molar-refractivity contribution in [2.24, 2.45) is 0 Å². The van der Waals surface area contributed by atoms with Crippen molar-refractivity contribution in [3.05, 3.63) is 65.2 Å². The van der Waals surface area contributed by atoms with Gasteiger partial charge in [-0.1, -0.05) is 30.3 Å². The maximum absolute atomic E-state index is 12.3. The van der Waals surface area contributed by atoms with Crippen molar-refractivity contribution in [3.8, 4) is 11.8 Å². The normalized spacial score (nSPS) is 10.7. The van der Waals surface area contributed by atoms with Gasteiger partial charge in [0.1, 0.15) is 12.4 Å². The van der Waals surface area contributed by atoms with Gasteiger partial charge in [0.2, 0.25) is 0 Å². The summed E-state index contributed by atoms with van der Waals surface area (Å²) in [6.07, 6.45) is -4.92. The number of hydrogen-bond donors (Lipinski definition) is 0. The second kappa shape index (κ2) is 6.83. The Labute approximate surface area is 129 Å². The first-order valence-corrected chi connectivity index (χ1v) is 6.39. The number of carbonyl (C=O) groups is 1. The number of esters is 1. The maximum atomic E-state index is 12.3. The van der Waals surface area contributed by atoms with E-state index in [0.29, 0.717) is 0 Å². The molecule has 0 bridgehead atoms. The first-order chi connectivity index (χ1) is 10.9. The van der Waals surface area contributed by atoms with E-state index in [2.05, 4.69) is 4.74 Å². The quantitative estimate of drug-likeness (QED) is 0.803. The van der Waals surface area contributed by atoms with Crippen LogP contribution in [0.3, 0.4) is 0 Å². The molecule has 0 N–H and O–H groups in total. The number of rotatable bonds is 4. The Morgan fingerprint density at radius 2 is 1.83 bits per heavy atom. The zero-order valence-electron chi connectivity index (χ0n) is 11.6. The number of nitrogens with zero attached hydrogens (tertiary/aromatic N) is 1. The van der Waals surface area contributed by atoms with Crippen LogP contribution in [0.5, 0.6) is 5.75 Å². The van der Waals surface area contributed by atoms with Crippen LogP contribution in [0, 0.1) is 11.3 Å². The van der Waals surface area contributed by atoms with Crippen LogP contribution in [0.4, 0.5) is 13.2 Å². The fourth-order valence-corrected chi connectivity index (χ4v) is 1.78. The fourth-order valence-electron chi connectivity index (χ4n) is 1.78. The van der Waals surface area contributed by atoms with Crippen LogP contribution < -0.4 is 4.74 Å². The summed E-state index contributed by atoms with van der Waals surface area (Å²) in [6.45, 7) is -0.0358. The maximum Gasteiger partial charge on any atom is 0.573 e. The monoisotopic (exact) mass is 321 g/mol. The zero-order valence-corrected chi connectivity index (χ0v) is 11.6. The van der Waals surface area contributed by atoms with E-state index in [9.17, 15) is 18.0 Å². The van der Waals surface area contributed by atoms with Crippen LogP contribution in [-0.2, 0) is 11.3 Å². The van der Waals surface area contributed by atoms with Crippen LogP contribution in [0.15, 0.2) is 48.5 Å². The standard InChI is InChI=1S/C16H10F3NO3/c17-16(18,19)23-14-7-12(9-20)6-13(8-14)15(21)22-10-11-4-2-1-3-5-11/h1-8H,10H2. The van der Waals surface area contributed by atoms with E-state index >= 15 is 0 Å². The van der Waals surface area contributed by atoms with E-state index in [0.717, 1.165) is 23.8 Å². The molecule has 118 valence electrons. The molecule has 0 saturated heterocycles. The van der Waals surface area contributed by atoms with Crippen molar-refractivity contribution in [2.45, 2.75) is 13.0 Å². The predicted molar refractivity (Wildman–Crippen MR) is 73.4 cm³/mol. The molecule has 0 unspecified atom stereocenters. The Bertz CT molecular complexity index is 736. The Morgan fingerprint density at radius 1 is 1.13 bits per heavy atom. The number of nitriles is 1. The lowest BCUT2D eigenvalue weighted by Gasteiger charge is -2.11. The molecule has 0 atom stereocenters. The summed E-state index contributed by atoms with van der Waals surface area (Å²) in [5.74, 6) is -1.50. The van der Waals surface area contributed by atoms with Crippen LogP contribution >= 0.6 is 0 Å². The number of benzene rings is 2. The molecular weight excluding hydrogens is 311 g/mol. The molecule has 0 aromatic heterocycles. The van der Waals surface area contributed by atoms with Crippen molar-refractivity contribution in [2.75, 3.05) is 0 Å². The molecule has 0 radical (unpaired) electrons. The number of hydrogen-bond acceptors (Lipinski definition) is 4. The molecule has 0 saturated carbocycles. The number of alkyl halides is 3. The minimum atomic E-state index is -4.92. The van der Waals surface area contributed by atoms with Crippen LogP contribution in [-0.4, -0.2) is 12.3 Å². The smallest absolute Gasteiger partial charge is 0.457 e. The van der Waals surface area contributed by atoms with Crippen LogP contribution in [0.25, 0.3) is 0 Å². The Balaban J connectivity index is 2.16. The summed E-state index contributed by atoms with van der Waals surface area (Å²) < 4.78 is 45.5. The van der Waals surface area contributed by atoms with Gasteiger partial charge in [-0.15, -0.1) is 13.2 Å². The van der Waals surface area contributed by atoms with E-state index in [-0.39, 0.29) is 17.7 Å². The Hall–Kier alpha value is -3.01. The van der Waals surface area contributed by atoms with Crippen molar-refractivity contribution < 1.29 is 27.4 Å². The van der Waals surface area contributed by atoms with Gasteiger partial charge in [-0.2, -0.15) is 5.26 Å². The predicted octanol–water partition coefficient (Wildman–Crippen LogP) is 3.81. The first-order valence-electron chi connectivity index (χ1n) is 6.39. The summed E-state index contributed by atoms with van der Waals surface area (Å²) in [4.78, 5) is 11.9. The SMILES string of the molecule is N#Cc1cc(OC(F)(F)F)cc(C(=O)OCc2ccccc2)c1. The van der Waals surface area contributed by atoms with E-state index in [1.54, 1.807) is 36.4 Å². The van der Waals surface area contributed by atoms with Crippen LogP contribution in [0.2, 0.25) is 0 Å². The highest BCUT2D eigenvalue weighted by Gasteiger charge is 2.31. The number of ether oxygens (including phenoxy) is 2. The lowest BCUT2D eigenvalue weighted by Crippen LogP contribution is -2.17. The minimum Gasteiger partial charge on any atom is -0.457 e. The average Bonchev–Trinajstić information content (AvgIpc) is 2.51. The first kappa shape index (κ1) is 16.4. The van der Waals surface area contributed by atoms with Gasteiger partial charge >= 0.3 is 12.3 Å². The summed E-state index contributed by atoms with van der Waals surface area (Å²) >= 11 is 0. The molecular formula is C16H10F3NO3. The largest absolute Gasteiger partial charge is 0.573 e. The highest BCUT2D eigenvalue weighted by Crippen LogP contribution is 2.25. The van der Waals surface area contributed by atoms with Crippen molar-refractivity contribution in [1.29, 1.82) is 5.26 Å². The third-order valence-corrected chi connectivity index (χ3v) is 2.72. The fraction of sp³-hybridized carbons (Fsp3) is 0.125. The summed E-state index contributed by atoms with van der Waals surface area (Å²) in [6, 6.07) is 13.3. The molecule has 0 amide bonds. The van der Waals surface area contributed by atoms with Gasteiger partial charge in [-0.05, 0) is 23.8 Å². The second-order valence-corrected chi connectivity index (χ2v) is 4.47. The molecule has 0 aliphatic carbocycles. The Kier molecular flexibility index (Phi) is 4.86. The number of carbonyl (C=O) groups excluding carboxylic acids is 1. The average molecular weight is 321 g/mol. The van der Waals surface area contributed by atoms with E-state index in [1.165, 1.54) is 0 Å². The molecule has 0 spiro atoms. The van der Waals surface area contributed by atoms with Gasteiger partial charge in [0, 0.05) is 0 Å². The third-order valence-electron chi connectivity index (χ3n) is 2.72. The molecule has 0 aliphatic heterocycles. The summed E-state index contributed by atoms with van der Waals surface area (Å²) in [5.41, 5.74) is 0.390. The molecule has 2 aromatic carbocycles. The van der Waals surface area contributed by atoms with Gasteiger partial charge in [0.05, 0.1) is 17.2 Å². The highest BCUT2D eigenvalue weighted by atomic mass is 19.4. The summed E-state index contributed by atoms with van der Waals surface area (Å²) in [5, 5.41) is 8.84. The van der Waals surface area contributed by atoms with E-state index in [1.807, 2.05) is 0 Å². The van der Waals surface area contributed by atoms with Gasteiger partial charge in [0.25, 0.3) is 0 Å². The molecule has 0 aliphatic rings. The number of halogens is 3. The molecule has 0 fully saturated rings. The van der Waals surface area contributed by atoms with Gasteiger partial charge in [-0.3, -0.25) is 0 Å². The van der Waals surface area contributed by atoms with Gasteiger partial charge < -0.3 is 9.47 Å². The van der Waals surface area contributed by atoms with E-state index < -0.39 is 18.1 Å². The molecule has 2 rings (SSSR count).